The molecule has 1 saturated heterocycles. The second-order valence-corrected chi connectivity index (χ2v) is 6.53. The fourth-order valence-corrected chi connectivity index (χ4v) is 3.30. The minimum atomic E-state index is -0.764. The number of rotatable bonds is 4. The van der Waals surface area contributed by atoms with E-state index in [1.54, 1.807) is 0 Å². The van der Waals surface area contributed by atoms with Crippen LogP contribution in [0.15, 0.2) is 29.4 Å². The van der Waals surface area contributed by atoms with Gasteiger partial charge in [-0.3, -0.25) is 4.79 Å². The first-order valence-electron chi connectivity index (χ1n) is 8.48. The van der Waals surface area contributed by atoms with E-state index >= 15 is 0 Å². The zero-order valence-electron chi connectivity index (χ0n) is 14.1. The van der Waals surface area contributed by atoms with Crippen molar-refractivity contribution in [3.05, 3.63) is 29.8 Å². The maximum Gasteiger partial charge on any atom is 0.346 e. The van der Waals surface area contributed by atoms with E-state index in [0.717, 1.165) is 23.4 Å². The van der Waals surface area contributed by atoms with Crippen molar-refractivity contribution in [1.29, 1.82) is 0 Å². The Kier molecular flexibility index (Phi) is 4.55. The summed E-state index contributed by atoms with van der Waals surface area (Å²) in [6.07, 6.45) is 4.75. The first-order valence-corrected chi connectivity index (χ1v) is 8.48. The van der Waals surface area contributed by atoms with Gasteiger partial charge in [0.05, 0.1) is 12.8 Å². The highest BCUT2D eigenvalue weighted by atomic mass is 16.5. The van der Waals surface area contributed by atoms with Crippen LogP contribution in [-0.2, 0) is 4.79 Å². The molecule has 128 valence electrons. The minimum Gasteiger partial charge on any atom is -0.493 e. The molecule has 0 radical (unpaired) electrons. The van der Waals surface area contributed by atoms with Gasteiger partial charge in [0.1, 0.15) is 11.3 Å². The smallest absolute Gasteiger partial charge is 0.346 e. The first kappa shape index (κ1) is 16.5. The molecule has 3 rings (SSSR count). The fraction of sp³-hybridized carbons (Fsp3) is 0.500. The molecule has 1 aromatic rings. The Morgan fingerprint density at radius 1 is 1.33 bits per heavy atom. The molecule has 0 unspecified atom stereocenters. The largest absolute Gasteiger partial charge is 0.493 e. The molecule has 1 aromatic carbocycles. The van der Waals surface area contributed by atoms with E-state index in [4.69, 9.17) is 4.74 Å². The van der Waals surface area contributed by atoms with Gasteiger partial charge >= 0.3 is 6.03 Å². The Labute approximate surface area is 141 Å². The minimum absolute atomic E-state index is 0.246. The number of carbonyl (C=O) groups is 2. The van der Waals surface area contributed by atoms with Gasteiger partial charge in [-0.25, -0.2) is 4.79 Å². The number of imide groups is 1. The average Bonchev–Trinajstić information content (AvgIpc) is 2.81. The SMILES string of the molecule is CCOc1ccccc1/C=N\N1C(=O)NC2(CCC(C)CC2)C1=O. The lowest BCUT2D eigenvalue weighted by Gasteiger charge is -2.33. The van der Waals surface area contributed by atoms with Crippen molar-refractivity contribution in [3.8, 4) is 5.75 Å². The molecule has 0 bridgehead atoms. The summed E-state index contributed by atoms with van der Waals surface area (Å²) in [6.45, 7) is 4.61. The van der Waals surface area contributed by atoms with Crippen LogP contribution in [0.2, 0.25) is 0 Å². The van der Waals surface area contributed by atoms with Gasteiger partial charge in [0, 0.05) is 5.56 Å². The van der Waals surface area contributed by atoms with Crippen molar-refractivity contribution in [2.75, 3.05) is 6.61 Å². The lowest BCUT2D eigenvalue weighted by molar-refractivity contribution is -0.132. The monoisotopic (exact) mass is 329 g/mol. The van der Waals surface area contributed by atoms with Gasteiger partial charge in [0.25, 0.3) is 5.91 Å². The van der Waals surface area contributed by atoms with E-state index in [-0.39, 0.29) is 5.91 Å². The van der Waals surface area contributed by atoms with Gasteiger partial charge in [-0.1, -0.05) is 19.1 Å². The third-order valence-corrected chi connectivity index (χ3v) is 4.80. The number of nitrogens with zero attached hydrogens (tertiary/aromatic N) is 2. The molecule has 0 atom stereocenters. The molecule has 6 heteroatoms. The summed E-state index contributed by atoms with van der Waals surface area (Å²) in [5.74, 6) is 1.03. The number of urea groups is 1. The zero-order chi connectivity index (χ0) is 17.2. The molecular weight excluding hydrogens is 306 g/mol. The van der Waals surface area contributed by atoms with Crippen molar-refractivity contribution >= 4 is 18.2 Å². The molecular formula is C18H23N3O3. The van der Waals surface area contributed by atoms with Crippen LogP contribution in [-0.4, -0.2) is 35.3 Å². The normalized spacial score (nSPS) is 27.1. The number of benzene rings is 1. The van der Waals surface area contributed by atoms with E-state index < -0.39 is 11.6 Å². The lowest BCUT2D eigenvalue weighted by Crippen LogP contribution is -2.49. The summed E-state index contributed by atoms with van der Waals surface area (Å²) in [6, 6.07) is 6.96. The third kappa shape index (κ3) is 3.00. The van der Waals surface area contributed by atoms with Crippen LogP contribution in [0, 0.1) is 5.92 Å². The number of hydrogen-bond donors (Lipinski definition) is 1. The van der Waals surface area contributed by atoms with E-state index in [2.05, 4.69) is 17.3 Å². The highest BCUT2D eigenvalue weighted by Gasteiger charge is 2.52. The Morgan fingerprint density at radius 3 is 2.75 bits per heavy atom. The highest BCUT2D eigenvalue weighted by molar-refractivity contribution is 6.07. The number of hydrogen-bond acceptors (Lipinski definition) is 4. The predicted octanol–water partition coefficient (Wildman–Crippen LogP) is 2.92. The Morgan fingerprint density at radius 2 is 2.04 bits per heavy atom. The van der Waals surface area contributed by atoms with Gasteiger partial charge in [0.15, 0.2) is 0 Å². The maximum absolute atomic E-state index is 12.7. The molecule has 2 fully saturated rings. The van der Waals surface area contributed by atoms with Gasteiger partial charge in [-0.05, 0) is 50.7 Å². The van der Waals surface area contributed by atoms with Crippen molar-refractivity contribution in [3.63, 3.8) is 0 Å². The molecule has 3 amide bonds. The van der Waals surface area contributed by atoms with Gasteiger partial charge in [-0.2, -0.15) is 5.10 Å². The maximum atomic E-state index is 12.7. The van der Waals surface area contributed by atoms with Crippen molar-refractivity contribution in [2.45, 2.75) is 45.1 Å². The summed E-state index contributed by atoms with van der Waals surface area (Å²) in [5.41, 5.74) is -0.0291. The molecule has 1 aliphatic heterocycles. The van der Waals surface area contributed by atoms with Gasteiger partial charge < -0.3 is 10.1 Å². The first-order chi connectivity index (χ1) is 11.6. The van der Waals surface area contributed by atoms with Crippen LogP contribution < -0.4 is 10.1 Å². The summed E-state index contributed by atoms with van der Waals surface area (Å²) in [5, 5.41) is 7.95. The van der Waals surface area contributed by atoms with Crippen molar-refractivity contribution in [2.24, 2.45) is 11.0 Å². The number of amides is 3. The Balaban J connectivity index is 1.78. The van der Waals surface area contributed by atoms with E-state index in [1.165, 1.54) is 6.21 Å². The molecule has 24 heavy (non-hydrogen) atoms. The standard InChI is InChI=1S/C18H23N3O3/c1-3-24-15-7-5-4-6-14(15)12-19-21-16(22)18(20-17(21)23)10-8-13(2)9-11-18/h4-7,12-13H,3,8-11H2,1-2H3,(H,20,23)/b19-12-. The highest BCUT2D eigenvalue weighted by Crippen LogP contribution is 2.36. The Hall–Kier alpha value is -2.37. The van der Waals surface area contributed by atoms with E-state index in [1.807, 2.05) is 31.2 Å². The molecule has 1 saturated carbocycles. The van der Waals surface area contributed by atoms with Crippen LogP contribution in [0.4, 0.5) is 4.79 Å². The van der Waals surface area contributed by atoms with Gasteiger partial charge in [0.2, 0.25) is 0 Å². The summed E-state index contributed by atoms with van der Waals surface area (Å²) < 4.78 is 5.53. The Bertz CT molecular complexity index is 663. The van der Waals surface area contributed by atoms with Crippen LogP contribution in [0.3, 0.4) is 0 Å². The third-order valence-electron chi connectivity index (χ3n) is 4.80. The van der Waals surface area contributed by atoms with Crippen LogP contribution >= 0.6 is 0 Å². The van der Waals surface area contributed by atoms with Gasteiger partial charge in [-0.15, -0.1) is 5.01 Å². The second-order valence-electron chi connectivity index (χ2n) is 6.53. The van der Waals surface area contributed by atoms with E-state index in [9.17, 15) is 9.59 Å². The number of ether oxygens (including phenoxy) is 1. The topological polar surface area (TPSA) is 71.0 Å². The lowest BCUT2D eigenvalue weighted by atomic mass is 9.77. The fourth-order valence-electron chi connectivity index (χ4n) is 3.30. The average molecular weight is 329 g/mol. The quantitative estimate of drug-likeness (QED) is 0.682. The summed E-state index contributed by atoms with van der Waals surface area (Å²) in [7, 11) is 0. The number of para-hydroxylation sites is 1. The summed E-state index contributed by atoms with van der Waals surface area (Å²) >= 11 is 0. The molecule has 2 aliphatic rings. The zero-order valence-corrected chi connectivity index (χ0v) is 14.1. The molecule has 1 spiro atoms. The van der Waals surface area contributed by atoms with Crippen molar-refractivity contribution < 1.29 is 14.3 Å². The van der Waals surface area contributed by atoms with Crippen LogP contribution in [0.25, 0.3) is 0 Å². The number of carbonyl (C=O) groups excluding carboxylic acids is 2. The second kappa shape index (κ2) is 6.63. The van der Waals surface area contributed by atoms with Crippen LogP contribution in [0.1, 0.15) is 45.1 Å². The predicted molar refractivity (Wildman–Crippen MR) is 90.9 cm³/mol. The molecule has 0 aromatic heterocycles. The summed E-state index contributed by atoms with van der Waals surface area (Å²) in [4.78, 5) is 24.9. The molecule has 1 heterocycles. The molecule has 1 aliphatic carbocycles. The van der Waals surface area contributed by atoms with Crippen molar-refractivity contribution in [1.82, 2.24) is 10.3 Å². The number of hydrazone groups is 1. The molecule has 1 N–H and O–H groups in total. The number of nitrogens with one attached hydrogen (secondary N) is 1. The molecule has 6 nitrogen and oxygen atoms in total. The van der Waals surface area contributed by atoms with Crippen LogP contribution in [0.5, 0.6) is 5.75 Å². The van der Waals surface area contributed by atoms with E-state index in [0.29, 0.717) is 31.1 Å².